The van der Waals surface area contributed by atoms with Crippen molar-refractivity contribution < 1.29 is 0 Å². The van der Waals surface area contributed by atoms with Gasteiger partial charge >= 0.3 is 0 Å². The number of hydrogen-bond acceptors (Lipinski definition) is 1. The first kappa shape index (κ1) is 5.93. The maximum Gasteiger partial charge on any atom is 0.0339 e. The number of thiophene rings is 1. The van der Waals surface area contributed by atoms with E-state index in [0.717, 1.165) is 6.42 Å². The molecule has 0 saturated carbocycles. The van der Waals surface area contributed by atoms with Gasteiger partial charge in [0.1, 0.15) is 0 Å². The first-order chi connectivity index (χ1) is 4.97. The highest BCUT2D eigenvalue weighted by atomic mass is 32.1. The van der Waals surface area contributed by atoms with Gasteiger partial charge in [-0.3, -0.25) is 0 Å². The fourth-order valence-corrected chi connectivity index (χ4v) is 1.83. The van der Waals surface area contributed by atoms with E-state index in [0.29, 0.717) is 0 Å². The van der Waals surface area contributed by atoms with Crippen molar-refractivity contribution >= 4 is 16.9 Å². The summed E-state index contributed by atoms with van der Waals surface area (Å²) in [4.78, 5) is 1.38. The molecular formula is C9H8S. The van der Waals surface area contributed by atoms with Crippen LogP contribution in [-0.2, 0) is 0 Å². The summed E-state index contributed by atoms with van der Waals surface area (Å²) in [5.41, 5.74) is 1.38. The second-order valence-corrected chi connectivity index (χ2v) is 3.22. The summed E-state index contributed by atoms with van der Waals surface area (Å²) in [7, 11) is 0. The van der Waals surface area contributed by atoms with Crippen LogP contribution < -0.4 is 0 Å². The van der Waals surface area contributed by atoms with E-state index in [4.69, 9.17) is 0 Å². The van der Waals surface area contributed by atoms with Gasteiger partial charge in [-0.15, -0.1) is 11.3 Å². The van der Waals surface area contributed by atoms with Gasteiger partial charge in [-0.2, -0.15) is 0 Å². The van der Waals surface area contributed by atoms with Crippen molar-refractivity contribution in [1.29, 1.82) is 0 Å². The molecule has 0 atom stereocenters. The Labute approximate surface area is 64.5 Å². The molecule has 1 aromatic rings. The third-order valence-corrected chi connectivity index (χ3v) is 2.50. The van der Waals surface area contributed by atoms with Crippen LogP contribution in [0.4, 0.5) is 0 Å². The summed E-state index contributed by atoms with van der Waals surface area (Å²) in [6.45, 7) is 0. The topological polar surface area (TPSA) is 0 Å². The normalized spacial score (nSPS) is 15.8. The molecule has 0 spiro atoms. The molecule has 1 aliphatic carbocycles. The van der Waals surface area contributed by atoms with Gasteiger partial charge in [0, 0.05) is 4.88 Å². The molecule has 0 N–H and O–H groups in total. The Hall–Kier alpha value is -0.820. The van der Waals surface area contributed by atoms with Gasteiger partial charge in [0.05, 0.1) is 0 Å². The van der Waals surface area contributed by atoms with E-state index in [9.17, 15) is 0 Å². The first-order valence-corrected chi connectivity index (χ1v) is 4.25. The van der Waals surface area contributed by atoms with Crippen LogP contribution in [0.25, 0.3) is 5.57 Å². The van der Waals surface area contributed by atoms with Crippen LogP contribution >= 0.6 is 11.3 Å². The molecule has 2 rings (SSSR count). The molecule has 0 nitrogen and oxygen atoms in total. The highest BCUT2D eigenvalue weighted by molar-refractivity contribution is 7.11. The van der Waals surface area contributed by atoms with Crippen molar-refractivity contribution in [2.45, 2.75) is 6.42 Å². The van der Waals surface area contributed by atoms with Gasteiger partial charge < -0.3 is 0 Å². The minimum Gasteiger partial charge on any atom is -0.144 e. The molecular weight excluding hydrogens is 140 g/mol. The van der Waals surface area contributed by atoms with Gasteiger partial charge in [-0.25, -0.2) is 0 Å². The van der Waals surface area contributed by atoms with E-state index in [2.05, 4.69) is 35.7 Å². The Kier molecular flexibility index (Phi) is 1.44. The molecule has 0 amide bonds. The molecule has 0 unspecified atom stereocenters. The molecule has 0 radical (unpaired) electrons. The quantitative estimate of drug-likeness (QED) is 0.574. The molecule has 50 valence electrons. The van der Waals surface area contributed by atoms with Crippen molar-refractivity contribution in [2.24, 2.45) is 0 Å². The number of allylic oxidation sites excluding steroid dienone is 4. The average Bonchev–Trinajstić information content (AvgIpc) is 2.59. The number of hydrogen-bond donors (Lipinski definition) is 0. The molecule has 1 heteroatoms. The van der Waals surface area contributed by atoms with Crippen molar-refractivity contribution in [3.8, 4) is 0 Å². The standard InChI is InChI=1S/C9H8S/c1-2-5-8(4-1)9-6-3-7-10-9/h1,3-7H,2H2. The first-order valence-electron chi connectivity index (χ1n) is 3.37. The van der Waals surface area contributed by atoms with Crippen LogP contribution in [0.3, 0.4) is 0 Å². The zero-order chi connectivity index (χ0) is 6.81. The molecule has 1 aliphatic rings. The smallest absolute Gasteiger partial charge is 0.0339 e. The van der Waals surface area contributed by atoms with E-state index in [1.165, 1.54) is 10.5 Å². The van der Waals surface area contributed by atoms with Gasteiger partial charge in [-0.1, -0.05) is 24.3 Å². The largest absolute Gasteiger partial charge is 0.144 e. The zero-order valence-electron chi connectivity index (χ0n) is 5.58. The second-order valence-electron chi connectivity index (χ2n) is 2.27. The molecule has 0 bridgehead atoms. The average molecular weight is 148 g/mol. The third kappa shape index (κ3) is 0.929. The molecule has 1 aromatic heterocycles. The summed E-state index contributed by atoms with van der Waals surface area (Å²) < 4.78 is 0. The Morgan fingerprint density at radius 2 is 2.40 bits per heavy atom. The van der Waals surface area contributed by atoms with Crippen LogP contribution in [0.5, 0.6) is 0 Å². The maximum atomic E-state index is 2.26. The summed E-state index contributed by atoms with van der Waals surface area (Å²) in [6, 6.07) is 4.25. The predicted octanol–water partition coefficient (Wildman–Crippen LogP) is 3.09. The summed E-state index contributed by atoms with van der Waals surface area (Å²) in [5, 5.41) is 2.11. The van der Waals surface area contributed by atoms with E-state index < -0.39 is 0 Å². The van der Waals surface area contributed by atoms with Crippen molar-refractivity contribution in [3.63, 3.8) is 0 Å². The second kappa shape index (κ2) is 2.43. The monoisotopic (exact) mass is 148 g/mol. The fourth-order valence-electron chi connectivity index (χ4n) is 1.08. The Morgan fingerprint density at radius 1 is 1.40 bits per heavy atom. The molecule has 0 fully saturated rings. The fraction of sp³-hybridized carbons (Fsp3) is 0.111. The lowest BCUT2D eigenvalue weighted by Crippen LogP contribution is -1.66. The lowest BCUT2D eigenvalue weighted by molar-refractivity contribution is 1.45. The van der Waals surface area contributed by atoms with Gasteiger partial charge in [0.15, 0.2) is 0 Å². The summed E-state index contributed by atoms with van der Waals surface area (Å²) in [6.07, 6.45) is 7.74. The number of rotatable bonds is 1. The van der Waals surface area contributed by atoms with Crippen LogP contribution in [0.15, 0.2) is 35.7 Å². The maximum absolute atomic E-state index is 2.26. The Morgan fingerprint density at radius 3 is 3.00 bits per heavy atom. The van der Waals surface area contributed by atoms with Crippen LogP contribution in [0.2, 0.25) is 0 Å². The Balaban J connectivity index is 2.36. The lowest BCUT2D eigenvalue weighted by atomic mass is 10.2. The van der Waals surface area contributed by atoms with E-state index in [1.807, 2.05) is 0 Å². The van der Waals surface area contributed by atoms with Crippen molar-refractivity contribution in [3.05, 3.63) is 40.6 Å². The van der Waals surface area contributed by atoms with Crippen LogP contribution in [0.1, 0.15) is 11.3 Å². The van der Waals surface area contributed by atoms with Crippen LogP contribution in [0, 0.1) is 0 Å². The van der Waals surface area contributed by atoms with Crippen LogP contribution in [-0.4, -0.2) is 0 Å². The third-order valence-electron chi connectivity index (χ3n) is 1.58. The Bertz CT molecular complexity index is 265. The van der Waals surface area contributed by atoms with E-state index in [-0.39, 0.29) is 0 Å². The summed E-state index contributed by atoms with van der Waals surface area (Å²) >= 11 is 1.80. The lowest BCUT2D eigenvalue weighted by Gasteiger charge is -1.89. The van der Waals surface area contributed by atoms with E-state index >= 15 is 0 Å². The minimum atomic E-state index is 1.10. The SMILES string of the molecule is C1=CC(c2cccs2)=CC1. The zero-order valence-corrected chi connectivity index (χ0v) is 6.40. The van der Waals surface area contributed by atoms with Gasteiger partial charge in [-0.05, 0) is 23.4 Å². The van der Waals surface area contributed by atoms with Crippen molar-refractivity contribution in [2.75, 3.05) is 0 Å². The predicted molar refractivity (Wildman–Crippen MR) is 46.1 cm³/mol. The highest BCUT2D eigenvalue weighted by Crippen LogP contribution is 2.24. The summed E-state index contributed by atoms with van der Waals surface area (Å²) in [5.74, 6) is 0. The van der Waals surface area contributed by atoms with Crippen molar-refractivity contribution in [1.82, 2.24) is 0 Å². The van der Waals surface area contributed by atoms with Gasteiger partial charge in [0.25, 0.3) is 0 Å². The van der Waals surface area contributed by atoms with E-state index in [1.54, 1.807) is 11.3 Å². The molecule has 0 aromatic carbocycles. The minimum absolute atomic E-state index is 1.10. The molecule has 0 saturated heterocycles. The molecule has 10 heavy (non-hydrogen) atoms. The molecule has 1 heterocycles. The highest BCUT2D eigenvalue weighted by Gasteiger charge is 2.00. The molecule has 0 aliphatic heterocycles. The van der Waals surface area contributed by atoms with Gasteiger partial charge in [0.2, 0.25) is 0 Å².